The van der Waals surface area contributed by atoms with Crippen LogP contribution in [0.4, 0.5) is 0 Å². The smallest absolute Gasteiger partial charge is 0.254 e. The number of rotatable bonds is 1. The van der Waals surface area contributed by atoms with Gasteiger partial charge in [-0.3, -0.25) is 4.79 Å². The number of carbonyl (C=O) groups excluding carboxylic acids is 1. The molecule has 0 radical (unpaired) electrons. The zero-order valence-electron chi connectivity index (χ0n) is 9.54. The highest BCUT2D eigenvalue weighted by Gasteiger charge is 2.21. The maximum atomic E-state index is 12.3. The van der Waals surface area contributed by atoms with Crippen molar-refractivity contribution in [1.29, 1.82) is 0 Å². The number of nitrogens with one attached hydrogen (secondary N) is 1. The Balaban J connectivity index is 2.18. The Morgan fingerprint density at radius 1 is 1.35 bits per heavy atom. The first-order valence-corrected chi connectivity index (χ1v) is 7.13. The molecular formula is C12H14Br2N2O. The standard InChI is InChI=1S/C12H14Br2N2O/c1-8-7-16(3-2-15-8)12(17)9-4-10(13)6-11(14)5-9/h4-6,8,15H,2-3,7H2,1H3/t8-/m0/s1. The highest BCUT2D eigenvalue weighted by molar-refractivity contribution is 9.11. The van der Waals surface area contributed by atoms with E-state index in [9.17, 15) is 4.79 Å². The predicted molar refractivity (Wildman–Crippen MR) is 75.2 cm³/mol. The number of hydrogen-bond acceptors (Lipinski definition) is 2. The number of amides is 1. The van der Waals surface area contributed by atoms with Crippen LogP contribution in [-0.2, 0) is 0 Å². The molecule has 0 spiro atoms. The van der Waals surface area contributed by atoms with Crippen LogP contribution in [0.15, 0.2) is 27.1 Å². The highest BCUT2D eigenvalue weighted by atomic mass is 79.9. The molecule has 1 aromatic carbocycles. The maximum Gasteiger partial charge on any atom is 0.254 e. The summed E-state index contributed by atoms with van der Waals surface area (Å²) in [5.74, 6) is 0.0975. The van der Waals surface area contributed by atoms with Crippen LogP contribution in [0.2, 0.25) is 0 Å². The van der Waals surface area contributed by atoms with Gasteiger partial charge in [0.05, 0.1) is 0 Å². The molecule has 0 aromatic heterocycles. The van der Waals surface area contributed by atoms with E-state index in [4.69, 9.17) is 0 Å². The van der Waals surface area contributed by atoms with Gasteiger partial charge in [-0.25, -0.2) is 0 Å². The van der Waals surface area contributed by atoms with Gasteiger partial charge < -0.3 is 10.2 Å². The fourth-order valence-electron chi connectivity index (χ4n) is 1.98. The van der Waals surface area contributed by atoms with Crippen molar-refractivity contribution in [3.63, 3.8) is 0 Å². The molecule has 1 fully saturated rings. The lowest BCUT2D eigenvalue weighted by Gasteiger charge is -2.32. The third kappa shape index (κ3) is 3.30. The van der Waals surface area contributed by atoms with E-state index in [-0.39, 0.29) is 5.91 Å². The van der Waals surface area contributed by atoms with Crippen molar-refractivity contribution in [3.8, 4) is 0 Å². The fourth-order valence-corrected chi connectivity index (χ4v) is 3.27. The van der Waals surface area contributed by atoms with E-state index < -0.39 is 0 Å². The second kappa shape index (κ2) is 5.50. The van der Waals surface area contributed by atoms with Crippen molar-refractivity contribution in [1.82, 2.24) is 10.2 Å². The fraction of sp³-hybridized carbons (Fsp3) is 0.417. The van der Waals surface area contributed by atoms with Gasteiger partial charge in [-0.15, -0.1) is 0 Å². The zero-order valence-corrected chi connectivity index (χ0v) is 12.7. The molecule has 0 unspecified atom stereocenters. The summed E-state index contributed by atoms with van der Waals surface area (Å²) in [4.78, 5) is 14.2. The van der Waals surface area contributed by atoms with Gasteiger partial charge in [-0.05, 0) is 25.1 Å². The lowest BCUT2D eigenvalue weighted by Crippen LogP contribution is -2.51. The lowest BCUT2D eigenvalue weighted by atomic mass is 10.1. The summed E-state index contributed by atoms with van der Waals surface area (Å²) in [7, 11) is 0. The summed E-state index contributed by atoms with van der Waals surface area (Å²) < 4.78 is 1.83. The minimum absolute atomic E-state index is 0.0975. The first-order valence-electron chi connectivity index (χ1n) is 5.55. The van der Waals surface area contributed by atoms with Gasteiger partial charge in [0.25, 0.3) is 5.91 Å². The largest absolute Gasteiger partial charge is 0.336 e. The molecule has 1 aliphatic rings. The molecule has 92 valence electrons. The average molecular weight is 362 g/mol. The van der Waals surface area contributed by atoms with Gasteiger partial charge in [0.15, 0.2) is 0 Å². The molecule has 5 heteroatoms. The van der Waals surface area contributed by atoms with Crippen LogP contribution in [0, 0.1) is 0 Å². The molecule has 1 amide bonds. The summed E-state index contributed by atoms with van der Waals surface area (Å²) in [5.41, 5.74) is 0.723. The van der Waals surface area contributed by atoms with Crippen LogP contribution >= 0.6 is 31.9 Å². The SMILES string of the molecule is C[C@H]1CN(C(=O)c2cc(Br)cc(Br)c2)CCN1. The van der Waals surface area contributed by atoms with E-state index in [0.29, 0.717) is 6.04 Å². The third-order valence-electron chi connectivity index (χ3n) is 2.77. The van der Waals surface area contributed by atoms with Crippen LogP contribution in [0.25, 0.3) is 0 Å². The lowest BCUT2D eigenvalue weighted by molar-refractivity contribution is 0.0709. The molecule has 17 heavy (non-hydrogen) atoms. The van der Waals surface area contributed by atoms with E-state index in [1.54, 1.807) is 0 Å². The molecule has 0 aliphatic carbocycles. The van der Waals surface area contributed by atoms with Gasteiger partial charge in [0.1, 0.15) is 0 Å². The normalized spacial score (nSPS) is 20.4. The van der Waals surface area contributed by atoms with Crippen molar-refractivity contribution in [2.24, 2.45) is 0 Å². The first kappa shape index (κ1) is 13.1. The average Bonchev–Trinajstić information content (AvgIpc) is 2.26. The Bertz CT molecular complexity index is 416. The number of piperazine rings is 1. The number of benzene rings is 1. The molecule has 1 heterocycles. The monoisotopic (exact) mass is 360 g/mol. The van der Waals surface area contributed by atoms with Crippen molar-refractivity contribution in [2.45, 2.75) is 13.0 Å². The number of halogens is 2. The van der Waals surface area contributed by atoms with Gasteiger partial charge in [-0.1, -0.05) is 31.9 Å². The van der Waals surface area contributed by atoms with Gasteiger partial charge in [0.2, 0.25) is 0 Å². The zero-order chi connectivity index (χ0) is 12.4. The van der Waals surface area contributed by atoms with Crippen molar-refractivity contribution >= 4 is 37.8 Å². The molecule has 0 bridgehead atoms. The Morgan fingerprint density at radius 3 is 2.59 bits per heavy atom. The maximum absolute atomic E-state index is 12.3. The van der Waals surface area contributed by atoms with Crippen LogP contribution < -0.4 is 5.32 Å². The second-order valence-electron chi connectivity index (χ2n) is 4.26. The van der Waals surface area contributed by atoms with Crippen molar-refractivity contribution < 1.29 is 4.79 Å². The van der Waals surface area contributed by atoms with Gasteiger partial charge >= 0.3 is 0 Å². The Hall–Kier alpha value is -0.390. The summed E-state index contributed by atoms with van der Waals surface area (Å²) in [6.07, 6.45) is 0. The molecule has 2 rings (SSSR count). The molecule has 1 N–H and O–H groups in total. The number of nitrogens with zero attached hydrogens (tertiary/aromatic N) is 1. The first-order chi connectivity index (χ1) is 8.06. The molecule has 1 aromatic rings. The topological polar surface area (TPSA) is 32.3 Å². The quantitative estimate of drug-likeness (QED) is 0.833. The summed E-state index contributed by atoms with van der Waals surface area (Å²) in [5, 5.41) is 3.33. The summed E-state index contributed by atoms with van der Waals surface area (Å²) in [6, 6.07) is 6.01. The number of hydrogen-bond donors (Lipinski definition) is 1. The molecule has 1 atom stereocenters. The van der Waals surface area contributed by atoms with Gasteiger partial charge in [-0.2, -0.15) is 0 Å². The Labute approximate surface area is 118 Å². The molecule has 1 aliphatic heterocycles. The second-order valence-corrected chi connectivity index (χ2v) is 6.10. The Kier molecular flexibility index (Phi) is 4.22. The highest BCUT2D eigenvalue weighted by Crippen LogP contribution is 2.21. The molecule has 3 nitrogen and oxygen atoms in total. The van der Waals surface area contributed by atoms with Crippen LogP contribution in [0.3, 0.4) is 0 Å². The minimum Gasteiger partial charge on any atom is -0.336 e. The Morgan fingerprint density at radius 2 is 2.00 bits per heavy atom. The van der Waals surface area contributed by atoms with E-state index in [1.165, 1.54) is 0 Å². The van der Waals surface area contributed by atoms with Crippen molar-refractivity contribution in [2.75, 3.05) is 19.6 Å². The predicted octanol–water partition coefficient (Wildman–Crippen LogP) is 2.65. The van der Waals surface area contributed by atoms with E-state index in [0.717, 1.165) is 34.1 Å². The molecular weight excluding hydrogens is 348 g/mol. The third-order valence-corrected chi connectivity index (χ3v) is 3.68. The van der Waals surface area contributed by atoms with E-state index >= 15 is 0 Å². The summed E-state index contributed by atoms with van der Waals surface area (Å²) >= 11 is 6.81. The molecule has 1 saturated heterocycles. The van der Waals surface area contributed by atoms with Crippen LogP contribution in [0.1, 0.15) is 17.3 Å². The van der Waals surface area contributed by atoms with Crippen LogP contribution in [-0.4, -0.2) is 36.5 Å². The number of carbonyl (C=O) groups is 1. The molecule has 0 saturated carbocycles. The van der Waals surface area contributed by atoms with Crippen molar-refractivity contribution in [3.05, 3.63) is 32.7 Å². The van der Waals surface area contributed by atoms with E-state index in [2.05, 4.69) is 44.1 Å². The minimum atomic E-state index is 0.0975. The van der Waals surface area contributed by atoms with E-state index in [1.807, 2.05) is 23.1 Å². The van der Waals surface area contributed by atoms with Crippen LogP contribution in [0.5, 0.6) is 0 Å². The van der Waals surface area contributed by atoms with Gasteiger partial charge in [0, 0.05) is 40.2 Å². The summed E-state index contributed by atoms with van der Waals surface area (Å²) in [6.45, 7) is 4.49.